The Morgan fingerprint density at radius 3 is 3.00 bits per heavy atom. The molecule has 0 radical (unpaired) electrons. The van der Waals surface area contributed by atoms with Gasteiger partial charge in [0, 0.05) is 20.3 Å². The van der Waals surface area contributed by atoms with Crippen molar-refractivity contribution in [3.8, 4) is 0 Å². The molecule has 2 rings (SSSR count). The minimum Gasteiger partial charge on any atom is -0.369 e. The van der Waals surface area contributed by atoms with Gasteiger partial charge in [0.25, 0.3) is 0 Å². The summed E-state index contributed by atoms with van der Waals surface area (Å²) in [4.78, 5) is 21.5. The van der Waals surface area contributed by atoms with Crippen LogP contribution in [0.1, 0.15) is 0 Å². The molecule has 0 aromatic carbocycles. The highest BCUT2D eigenvalue weighted by molar-refractivity contribution is 7.85. The van der Waals surface area contributed by atoms with Gasteiger partial charge in [0.1, 0.15) is 12.5 Å². The lowest BCUT2D eigenvalue weighted by molar-refractivity contribution is 0.00610. The topological polar surface area (TPSA) is 86.0 Å². The van der Waals surface area contributed by atoms with Crippen LogP contribution in [0.5, 0.6) is 0 Å². The smallest absolute Gasteiger partial charge is 0.349 e. The predicted octanol–water partition coefficient (Wildman–Crippen LogP) is 1.27. The number of nitrogens with zero attached hydrogens (tertiary/aromatic N) is 4. The van der Waals surface area contributed by atoms with Crippen molar-refractivity contribution in [2.24, 2.45) is 4.99 Å². The maximum absolute atomic E-state index is 11.9. The summed E-state index contributed by atoms with van der Waals surface area (Å²) in [5.41, 5.74) is -0.438. The quantitative estimate of drug-likeness (QED) is 0.468. The zero-order chi connectivity index (χ0) is 15.5. The van der Waals surface area contributed by atoms with Crippen LogP contribution in [0.2, 0.25) is 0 Å². The van der Waals surface area contributed by atoms with Crippen LogP contribution in [0, 0.1) is 0 Å². The van der Waals surface area contributed by atoms with Gasteiger partial charge in [0.05, 0.1) is 19.5 Å². The average Bonchev–Trinajstić information content (AvgIpc) is 2.41. The summed E-state index contributed by atoms with van der Waals surface area (Å²) in [6.07, 6.45) is 2.59. The number of aromatic nitrogens is 2. The van der Waals surface area contributed by atoms with Crippen LogP contribution >= 0.6 is 18.0 Å². The third-order valence-corrected chi connectivity index (χ3v) is 4.18. The SMILES string of the molecule is CN(C)C=Nc1ccn(C[C@H]2COP(=O)(Cl)CO2)c(=O)n1. The van der Waals surface area contributed by atoms with E-state index >= 15 is 0 Å². The van der Waals surface area contributed by atoms with E-state index in [9.17, 15) is 9.36 Å². The summed E-state index contributed by atoms with van der Waals surface area (Å²) in [6, 6.07) is 1.62. The molecule has 0 N–H and O–H groups in total. The van der Waals surface area contributed by atoms with E-state index in [0.717, 1.165) is 0 Å². The van der Waals surface area contributed by atoms with Crippen molar-refractivity contribution in [1.82, 2.24) is 14.5 Å². The Balaban J connectivity index is 2.02. The molecule has 8 nitrogen and oxygen atoms in total. The second-order valence-electron chi connectivity index (χ2n) is 4.73. The van der Waals surface area contributed by atoms with Crippen molar-refractivity contribution in [2.45, 2.75) is 12.6 Å². The normalized spacial score (nSPS) is 26.1. The summed E-state index contributed by atoms with van der Waals surface area (Å²) in [7, 11) is 3.64. The first-order chi connectivity index (χ1) is 9.85. The zero-order valence-electron chi connectivity index (χ0n) is 11.7. The molecule has 1 unspecified atom stereocenters. The molecular weight excluding hydrogens is 319 g/mol. The molecular formula is C11H16ClN4O4P. The first kappa shape index (κ1) is 16.2. The minimum absolute atomic E-state index is 0.0771. The molecule has 10 heteroatoms. The van der Waals surface area contributed by atoms with E-state index < -0.39 is 12.4 Å². The maximum atomic E-state index is 11.9. The third-order valence-electron chi connectivity index (χ3n) is 2.60. The highest BCUT2D eigenvalue weighted by Gasteiger charge is 2.29. The monoisotopic (exact) mass is 334 g/mol. The van der Waals surface area contributed by atoms with Crippen LogP contribution in [-0.2, 0) is 20.4 Å². The molecule has 1 aliphatic rings. The number of halogens is 1. The number of ether oxygens (including phenoxy) is 1. The fourth-order valence-electron chi connectivity index (χ4n) is 1.60. The third kappa shape index (κ3) is 4.93. The van der Waals surface area contributed by atoms with Gasteiger partial charge >= 0.3 is 12.4 Å². The van der Waals surface area contributed by atoms with Crippen molar-refractivity contribution in [2.75, 3.05) is 27.1 Å². The molecule has 2 atom stereocenters. The molecule has 21 heavy (non-hydrogen) atoms. The number of rotatable bonds is 4. The molecule has 1 fully saturated rings. The lowest BCUT2D eigenvalue weighted by Crippen LogP contribution is -2.34. The molecule has 0 spiro atoms. The van der Waals surface area contributed by atoms with Crippen LogP contribution < -0.4 is 5.69 Å². The Labute approximate surface area is 126 Å². The molecule has 0 bridgehead atoms. The van der Waals surface area contributed by atoms with E-state index in [1.54, 1.807) is 23.5 Å². The van der Waals surface area contributed by atoms with E-state index in [2.05, 4.69) is 9.98 Å². The summed E-state index contributed by atoms with van der Waals surface area (Å²) in [5.74, 6) is 0.330. The average molecular weight is 335 g/mol. The second kappa shape index (κ2) is 6.70. The van der Waals surface area contributed by atoms with Gasteiger partial charge in [0.15, 0.2) is 5.82 Å². The number of hydrogen-bond donors (Lipinski definition) is 0. The molecule has 1 aromatic heterocycles. The van der Waals surface area contributed by atoms with Gasteiger partial charge < -0.3 is 14.2 Å². The fraction of sp³-hybridized carbons (Fsp3) is 0.545. The maximum Gasteiger partial charge on any atom is 0.349 e. The summed E-state index contributed by atoms with van der Waals surface area (Å²) >= 11 is 5.56. The van der Waals surface area contributed by atoms with Crippen molar-refractivity contribution in [3.05, 3.63) is 22.7 Å². The van der Waals surface area contributed by atoms with Crippen molar-refractivity contribution < 1.29 is 13.8 Å². The zero-order valence-corrected chi connectivity index (χ0v) is 13.3. The molecule has 1 saturated heterocycles. The van der Waals surface area contributed by atoms with E-state index in [-0.39, 0.29) is 25.6 Å². The lowest BCUT2D eigenvalue weighted by atomic mass is 10.3. The molecule has 2 heterocycles. The summed E-state index contributed by atoms with van der Waals surface area (Å²) < 4.78 is 23.1. The predicted molar refractivity (Wildman–Crippen MR) is 79.5 cm³/mol. The van der Waals surface area contributed by atoms with Crippen molar-refractivity contribution in [1.29, 1.82) is 0 Å². The number of aliphatic imine (C=N–C) groups is 1. The standard InChI is InChI=1S/C11H16ClN4O4P/c1-15(2)7-13-10-3-4-16(11(17)14-10)5-9-6-20-21(12,18)8-19-9/h3-4,7,9H,5-6,8H2,1-2H3/t9-,21?/m0/s1. The highest BCUT2D eigenvalue weighted by Crippen LogP contribution is 2.54. The van der Waals surface area contributed by atoms with E-state index in [0.29, 0.717) is 5.82 Å². The van der Waals surface area contributed by atoms with Gasteiger partial charge in [0.2, 0.25) is 0 Å². The molecule has 116 valence electrons. The first-order valence-electron chi connectivity index (χ1n) is 6.19. The Kier molecular flexibility index (Phi) is 5.16. The van der Waals surface area contributed by atoms with Crippen molar-refractivity contribution >= 4 is 30.1 Å². The number of hydrogen-bond acceptors (Lipinski definition) is 6. The second-order valence-corrected chi connectivity index (χ2v) is 7.97. The first-order valence-corrected chi connectivity index (χ1v) is 8.90. The molecule has 0 aliphatic carbocycles. The fourth-order valence-corrected chi connectivity index (χ4v) is 2.79. The van der Waals surface area contributed by atoms with Crippen LogP contribution in [0.15, 0.2) is 22.1 Å². The Morgan fingerprint density at radius 2 is 2.43 bits per heavy atom. The Bertz CT molecular complexity index is 621. The van der Waals surface area contributed by atoms with Gasteiger partial charge in [-0.25, -0.2) is 9.79 Å². The highest BCUT2D eigenvalue weighted by atomic mass is 35.7. The van der Waals surface area contributed by atoms with Gasteiger partial charge in [-0.2, -0.15) is 4.98 Å². The van der Waals surface area contributed by atoms with Gasteiger partial charge in [-0.1, -0.05) is 0 Å². The van der Waals surface area contributed by atoms with E-state index in [4.69, 9.17) is 20.5 Å². The largest absolute Gasteiger partial charge is 0.369 e. The van der Waals surface area contributed by atoms with Crippen LogP contribution in [0.4, 0.5) is 5.82 Å². The van der Waals surface area contributed by atoms with E-state index in [1.807, 2.05) is 14.1 Å². The van der Waals surface area contributed by atoms with Gasteiger partial charge in [-0.3, -0.25) is 9.13 Å². The van der Waals surface area contributed by atoms with Gasteiger partial charge in [-0.15, -0.1) is 0 Å². The van der Waals surface area contributed by atoms with Crippen molar-refractivity contribution in [3.63, 3.8) is 0 Å². The Morgan fingerprint density at radius 1 is 1.67 bits per heavy atom. The van der Waals surface area contributed by atoms with Gasteiger partial charge in [-0.05, 0) is 17.3 Å². The van der Waals surface area contributed by atoms with Crippen LogP contribution in [0.3, 0.4) is 0 Å². The molecule has 1 aromatic rings. The summed E-state index contributed by atoms with van der Waals surface area (Å²) in [5, 5.41) is 0. The van der Waals surface area contributed by atoms with Crippen LogP contribution in [0.25, 0.3) is 0 Å². The van der Waals surface area contributed by atoms with Crippen LogP contribution in [-0.4, -0.2) is 53.9 Å². The minimum atomic E-state index is -3.14. The summed E-state index contributed by atoms with van der Waals surface area (Å²) in [6.45, 7) is -2.82. The molecule has 0 saturated carbocycles. The molecule has 0 amide bonds. The van der Waals surface area contributed by atoms with E-state index in [1.165, 1.54) is 4.57 Å². The lowest BCUT2D eigenvalue weighted by Gasteiger charge is -2.26. The Hall–Kier alpha value is -1.21. The molecule has 1 aliphatic heterocycles.